The van der Waals surface area contributed by atoms with Crippen molar-refractivity contribution in [2.75, 3.05) is 6.54 Å². The number of barbiturate groups is 1. The van der Waals surface area contributed by atoms with Gasteiger partial charge in [-0.05, 0) is 26.7 Å². The molecule has 1 saturated heterocycles. The Morgan fingerprint density at radius 3 is 2.15 bits per heavy atom. The topological polar surface area (TPSA) is 110 Å². The predicted octanol–water partition coefficient (Wildman–Crippen LogP) is 0.383. The second kappa shape index (κ2) is 5.22. The fraction of sp³-hybridized carbons (Fsp3) is 0.692. The van der Waals surface area contributed by atoms with Crippen LogP contribution in [0.3, 0.4) is 0 Å². The van der Waals surface area contributed by atoms with Crippen LogP contribution in [-0.4, -0.2) is 35.2 Å². The molecule has 1 aliphatic heterocycles. The molecule has 0 unspecified atom stereocenters. The summed E-state index contributed by atoms with van der Waals surface area (Å²) in [6.45, 7) is 6.38. The molecule has 20 heavy (non-hydrogen) atoms. The summed E-state index contributed by atoms with van der Waals surface area (Å²) in [7, 11) is 0. The molecular formula is C13H21N3O4. The van der Waals surface area contributed by atoms with Crippen LogP contribution in [-0.2, 0) is 14.4 Å². The molecule has 112 valence electrons. The molecule has 1 heterocycles. The fourth-order valence-electron chi connectivity index (χ4n) is 2.22. The number of carbonyl (C=O) groups excluding carboxylic acids is 4. The molecule has 0 radical (unpaired) electrons. The number of urea groups is 1. The monoisotopic (exact) mass is 283 g/mol. The quantitative estimate of drug-likeness (QED) is 0.711. The number of imide groups is 2. The van der Waals surface area contributed by atoms with Gasteiger partial charge < -0.3 is 5.73 Å². The number of primary amides is 1. The van der Waals surface area contributed by atoms with Crippen LogP contribution in [0.25, 0.3) is 0 Å². The van der Waals surface area contributed by atoms with Crippen molar-refractivity contribution in [1.29, 1.82) is 0 Å². The van der Waals surface area contributed by atoms with E-state index in [1.165, 1.54) is 0 Å². The molecule has 1 aliphatic rings. The molecule has 0 bridgehead atoms. The Morgan fingerprint density at radius 1 is 1.25 bits per heavy atom. The summed E-state index contributed by atoms with van der Waals surface area (Å²) in [4.78, 5) is 48.6. The van der Waals surface area contributed by atoms with Crippen molar-refractivity contribution in [3.05, 3.63) is 0 Å². The van der Waals surface area contributed by atoms with Crippen LogP contribution >= 0.6 is 0 Å². The van der Waals surface area contributed by atoms with E-state index in [1.54, 1.807) is 27.7 Å². The number of carbonyl (C=O) groups is 4. The lowest BCUT2D eigenvalue weighted by Gasteiger charge is -2.40. The van der Waals surface area contributed by atoms with Crippen LogP contribution in [0.4, 0.5) is 4.79 Å². The van der Waals surface area contributed by atoms with Gasteiger partial charge in [0, 0.05) is 6.54 Å². The fourth-order valence-corrected chi connectivity index (χ4v) is 2.22. The first-order chi connectivity index (χ1) is 9.12. The van der Waals surface area contributed by atoms with Crippen molar-refractivity contribution in [2.24, 2.45) is 16.6 Å². The Kier molecular flexibility index (Phi) is 4.21. The van der Waals surface area contributed by atoms with Crippen LogP contribution in [0.5, 0.6) is 0 Å². The molecule has 5 amide bonds. The Bertz CT molecular complexity index is 466. The first-order valence-electron chi connectivity index (χ1n) is 6.59. The Morgan fingerprint density at radius 2 is 1.75 bits per heavy atom. The number of nitrogens with zero attached hydrogens (tertiary/aromatic N) is 1. The smallest absolute Gasteiger partial charge is 0.330 e. The number of nitrogens with two attached hydrogens (primary N) is 1. The summed E-state index contributed by atoms with van der Waals surface area (Å²) in [5.74, 6) is -1.76. The van der Waals surface area contributed by atoms with Gasteiger partial charge in [-0.1, -0.05) is 13.8 Å². The molecule has 7 nitrogen and oxygen atoms in total. The van der Waals surface area contributed by atoms with E-state index in [4.69, 9.17) is 5.73 Å². The number of hydrogen-bond donors (Lipinski definition) is 2. The predicted molar refractivity (Wildman–Crippen MR) is 71.2 cm³/mol. The normalized spacial score (nSPS) is 19.0. The van der Waals surface area contributed by atoms with Crippen molar-refractivity contribution in [1.82, 2.24) is 10.2 Å². The molecule has 0 aromatic rings. The van der Waals surface area contributed by atoms with Gasteiger partial charge in [-0.3, -0.25) is 24.6 Å². The highest BCUT2D eigenvalue weighted by Crippen LogP contribution is 2.33. The molecule has 0 saturated carbocycles. The highest BCUT2D eigenvalue weighted by atomic mass is 16.2. The van der Waals surface area contributed by atoms with Gasteiger partial charge in [-0.25, -0.2) is 4.79 Å². The highest BCUT2D eigenvalue weighted by Gasteiger charge is 2.52. The first kappa shape index (κ1) is 16.1. The minimum absolute atomic E-state index is 0.151. The number of amides is 5. The van der Waals surface area contributed by atoms with Gasteiger partial charge >= 0.3 is 6.03 Å². The standard InChI is InChI=1S/C13H21N3O4/c1-5-13(6-2)9(18)15-11(20)16(10(13)19)7-12(3,4)8(14)17/h5-7H2,1-4H3,(H2,14,17)(H,15,18,20). The van der Waals surface area contributed by atoms with Crippen molar-refractivity contribution in [3.8, 4) is 0 Å². The summed E-state index contributed by atoms with van der Waals surface area (Å²) in [5, 5.41) is 2.19. The molecule has 0 aromatic carbocycles. The average molecular weight is 283 g/mol. The lowest BCUT2D eigenvalue weighted by molar-refractivity contribution is -0.153. The third-order valence-corrected chi connectivity index (χ3v) is 3.98. The largest absolute Gasteiger partial charge is 0.369 e. The van der Waals surface area contributed by atoms with Gasteiger partial charge in [0.15, 0.2) is 0 Å². The van der Waals surface area contributed by atoms with E-state index in [0.717, 1.165) is 4.90 Å². The molecule has 1 rings (SSSR count). The molecule has 1 fully saturated rings. The minimum atomic E-state index is -1.25. The van der Waals surface area contributed by atoms with E-state index < -0.39 is 34.6 Å². The SMILES string of the molecule is CCC1(CC)C(=O)NC(=O)N(CC(C)(C)C(N)=O)C1=O. The van der Waals surface area contributed by atoms with Crippen molar-refractivity contribution in [2.45, 2.75) is 40.5 Å². The van der Waals surface area contributed by atoms with Crippen LogP contribution in [0.2, 0.25) is 0 Å². The molecule has 3 N–H and O–H groups in total. The van der Waals surface area contributed by atoms with Crippen molar-refractivity contribution < 1.29 is 19.2 Å². The van der Waals surface area contributed by atoms with Gasteiger partial charge in [-0.15, -0.1) is 0 Å². The van der Waals surface area contributed by atoms with E-state index >= 15 is 0 Å². The zero-order valence-corrected chi connectivity index (χ0v) is 12.3. The second-order valence-electron chi connectivity index (χ2n) is 5.69. The van der Waals surface area contributed by atoms with E-state index in [2.05, 4.69) is 5.32 Å². The Hall–Kier alpha value is -1.92. The van der Waals surface area contributed by atoms with Gasteiger partial charge in [0.25, 0.3) is 0 Å². The molecular weight excluding hydrogens is 262 g/mol. The molecule has 0 aliphatic carbocycles. The van der Waals surface area contributed by atoms with Gasteiger partial charge in [0.05, 0.1) is 5.41 Å². The van der Waals surface area contributed by atoms with Crippen molar-refractivity contribution in [3.63, 3.8) is 0 Å². The minimum Gasteiger partial charge on any atom is -0.369 e. The average Bonchev–Trinajstić information content (AvgIpc) is 2.36. The number of nitrogens with one attached hydrogen (secondary N) is 1. The van der Waals surface area contributed by atoms with Crippen LogP contribution in [0, 0.1) is 10.8 Å². The lowest BCUT2D eigenvalue weighted by atomic mass is 9.78. The summed E-state index contributed by atoms with van der Waals surface area (Å²) in [6.07, 6.45) is 0.573. The third kappa shape index (κ3) is 2.39. The first-order valence-corrected chi connectivity index (χ1v) is 6.59. The van der Waals surface area contributed by atoms with Gasteiger partial charge in [0.1, 0.15) is 5.41 Å². The Labute approximate surface area is 117 Å². The third-order valence-electron chi connectivity index (χ3n) is 3.98. The van der Waals surface area contributed by atoms with E-state index in [-0.39, 0.29) is 19.4 Å². The Balaban J connectivity index is 3.14. The highest BCUT2D eigenvalue weighted by molar-refractivity contribution is 6.19. The van der Waals surface area contributed by atoms with Gasteiger partial charge in [0.2, 0.25) is 17.7 Å². The molecule has 0 atom stereocenters. The van der Waals surface area contributed by atoms with Gasteiger partial charge in [-0.2, -0.15) is 0 Å². The van der Waals surface area contributed by atoms with E-state index in [9.17, 15) is 19.2 Å². The zero-order valence-electron chi connectivity index (χ0n) is 12.3. The summed E-state index contributed by atoms with van der Waals surface area (Å²) < 4.78 is 0. The lowest BCUT2D eigenvalue weighted by Crippen LogP contribution is -2.65. The molecule has 7 heteroatoms. The maximum absolute atomic E-state index is 12.5. The van der Waals surface area contributed by atoms with E-state index in [0.29, 0.717) is 0 Å². The summed E-state index contributed by atoms with van der Waals surface area (Å²) >= 11 is 0. The number of rotatable bonds is 5. The summed E-state index contributed by atoms with van der Waals surface area (Å²) in [5.41, 5.74) is 2.96. The summed E-state index contributed by atoms with van der Waals surface area (Å²) in [6, 6.07) is -0.799. The maximum Gasteiger partial charge on any atom is 0.330 e. The second-order valence-corrected chi connectivity index (χ2v) is 5.69. The van der Waals surface area contributed by atoms with Crippen molar-refractivity contribution >= 4 is 23.8 Å². The molecule has 0 aromatic heterocycles. The maximum atomic E-state index is 12.5. The zero-order chi connectivity index (χ0) is 15.7. The van der Waals surface area contributed by atoms with Crippen LogP contribution < -0.4 is 11.1 Å². The van der Waals surface area contributed by atoms with Crippen LogP contribution in [0.1, 0.15) is 40.5 Å². The van der Waals surface area contributed by atoms with E-state index in [1.807, 2.05) is 0 Å². The molecule has 0 spiro atoms. The van der Waals surface area contributed by atoms with Crippen LogP contribution in [0.15, 0.2) is 0 Å². The number of hydrogen-bond acceptors (Lipinski definition) is 4.